The molecule has 1 aliphatic heterocycles. The summed E-state index contributed by atoms with van der Waals surface area (Å²) in [5, 5.41) is 0. The van der Waals surface area contributed by atoms with E-state index in [-0.39, 0.29) is 22.9 Å². The van der Waals surface area contributed by atoms with Gasteiger partial charge in [-0.2, -0.15) is 0 Å². The number of carbonyl (C=O) groups excluding carboxylic acids is 1. The zero-order valence-corrected chi connectivity index (χ0v) is 9.99. The first-order valence-electron chi connectivity index (χ1n) is 5.10. The maximum absolute atomic E-state index is 12.0. The molecule has 0 aromatic heterocycles. The van der Waals surface area contributed by atoms with E-state index < -0.39 is 15.9 Å². The Bertz CT molecular complexity index is 534. The number of carbonyl (C=O) groups is 1. The zero-order chi connectivity index (χ0) is 11.9. The Hall–Kier alpha value is -1.36. The molecule has 0 fully saturated rings. The van der Waals surface area contributed by atoms with Crippen LogP contribution in [0.25, 0.3) is 0 Å². The molecule has 0 radical (unpaired) electrons. The second-order valence-electron chi connectivity index (χ2n) is 4.23. The van der Waals surface area contributed by atoms with E-state index in [1.54, 1.807) is 18.2 Å². The molecule has 0 spiro atoms. The van der Waals surface area contributed by atoms with Crippen LogP contribution in [0.15, 0.2) is 29.2 Å². The number of benzene rings is 1. The van der Waals surface area contributed by atoms with E-state index in [1.807, 2.05) is 13.8 Å². The average molecular weight is 239 g/mol. The molecular weight excluding hydrogens is 226 g/mol. The van der Waals surface area contributed by atoms with Crippen molar-refractivity contribution in [3.8, 4) is 0 Å². The van der Waals surface area contributed by atoms with E-state index >= 15 is 0 Å². The molecule has 2 rings (SSSR count). The van der Waals surface area contributed by atoms with Gasteiger partial charge in [0.05, 0.1) is 5.56 Å². The standard InChI is InChI=1S/C11H13NO3S/c1-8(2)7-12-11(13)9-5-3-4-6-10(9)16(12,14)15/h3-6,8H,7H2,1-2H3. The lowest BCUT2D eigenvalue weighted by molar-refractivity contribution is 0.0861. The van der Waals surface area contributed by atoms with Gasteiger partial charge in [-0.05, 0) is 18.1 Å². The van der Waals surface area contributed by atoms with Gasteiger partial charge in [-0.1, -0.05) is 26.0 Å². The summed E-state index contributed by atoms with van der Waals surface area (Å²) in [6.45, 7) is 3.99. The molecule has 0 N–H and O–H groups in total. The summed E-state index contributed by atoms with van der Waals surface area (Å²) in [5.41, 5.74) is 0.281. The fraction of sp³-hybridized carbons (Fsp3) is 0.364. The third-order valence-corrected chi connectivity index (χ3v) is 4.25. The second-order valence-corrected chi connectivity index (χ2v) is 6.06. The normalized spacial score (nSPS) is 17.9. The summed E-state index contributed by atoms with van der Waals surface area (Å²) in [5.74, 6) is -0.294. The van der Waals surface area contributed by atoms with Crippen LogP contribution in [0.4, 0.5) is 0 Å². The van der Waals surface area contributed by atoms with Gasteiger partial charge in [-0.25, -0.2) is 12.7 Å². The predicted octanol–water partition coefficient (Wildman–Crippen LogP) is 1.49. The Morgan fingerprint density at radius 3 is 2.44 bits per heavy atom. The van der Waals surface area contributed by atoms with Crippen LogP contribution in [0.1, 0.15) is 24.2 Å². The molecule has 0 bridgehead atoms. The molecule has 1 amide bonds. The van der Waals surface area contributed by atoms with Crippen LogP contribution in [0.2, 0.25) is 0 Å². The highest BCUT2D eigenvalue weighted by molar-refractivity contribution is 7.90. The van der Waals surface area contributed by atoms with Gasteiger partial charge in [0.2, 0.25) is 0 Å². The van der Waals surface area contributed by atoms with E-state index in [2.05, 4.69) is 0 Å². The van der Waals surface area contributed by atoms with E-state index in [1.165, 1.54) is 6.07 Å². The second kappa shape index (κ2) is 3.59. The van der Waals surface area contributed by atoms with Crippen LogP contribution in [0, 0.1) is 5.92 Å². The van der Waals surface area contributed by atoms with E-state index in [4.69, 9.17) is 0 Å². The summed E-state index contributed by atoms with van der Waals surface area (Å²) in [6, 6.07) is 6.33. The van der Waals surface area contributed by atoms with Crippen molar-refractivity contribution in [1.29, 1.82) is 0 Å². The monoisotopic (exact) mass is 239 g/mol. The fourth-order valence-corrected chi connectivity index (χ4v) is 3.48. The lowest BCUT2D eigenvalue weighted by Crippen LogP contribution is -2.33. The third kappa shape index (κ3) is 1.51. The van der Waals surface area contributed by atoms with Crippen molar-refractivity contribution in [3.63, 3.8) is 0 Å². The van der Waals surface area contributed by atoms with E-state index in [0.717, 1.165) is 4.31 Å². The molecule has 1 aromatic rings. The average Bonchev–Trinajstić information content (AvgIpc) is 2.41. The molecule has 1 aliphatic rings. The van der Waals surface area contributed by atoms with E-state index in [0.29, 0.717) is 0 Å². The quantitative estimate of drug-likeness (QED) is 0.785. The fourth-order valence-electron chi connectivity index (χ4n) is 1.74. The highest BCUT2D eigenvalue weighted by atomic mass is 32.2. The summed E-state index contributed by atoms with van der Waals surface area (Å²) in [4.78, 5) is 12.0. The molecule has 1 aromatic carbocycles. The molecule has 16 heavy (non-hydrogen) atoms. The first-order valence-corrected chi connectivity index (χ1v) is 6.54. The van der Waals surface area contributed by atoms with Crippen molar-refractivity contribution in [2.45, 2.75) is 18.7 Å². The lowest BCUT2D eigenvalue weighted by Gasteiger charge is -2.16. The van der Waals surface area contributed by atoms with Crippen molar-refractivity contribution >= 4 is 15.9 Å². The lowest BCUT2D eigenvalue weighted by atomic mass is 10.2. The first kappa shape index (κ1) is 11.1. The number of hydrogen-bond acceptors (Lipinski definition) is 3. The van der Waals surface area contributed by atoms with E-state index in [9.17, 15) is 13.2 Å². The Morgan fingerprint density at radius 1 is 1.25 bits per heavy atom. The van der Waals surface area contributed by atoms with Crippen molar-refractivity contribution < 1.29 is 13.2 Å². The highest BCUT2D eigenvalue weighted by Gasteiger charge is 2.40. The van der Waals surface area contributed by atoms with Crippen LogP contribution in [0.5, 0.6) is 0 Å². The minimum atomic E-state index is -3.61. The summed E-state index contributed by atoms with van der Waals surface area (Å²) >= 11 is 0. The summed E-state index contributed by atoms with van der Waals surface area (Å²) in [6.07, 6.45) is 0. The SMILES string of the molecule is CC(C)CN1C(=O)c2ccccc2S1(=O)=O. The molecule has 0 unspecified atom stereocenters. The topological polar surface area (TPSA) is 54.5 Å². The van der Waals surface area contributed by atoms with Crippen LogP contribution < -0.4 is 0 Å². The summed E-state index contributed by atoms with van der Waals surface area (Å²) < 4.78 is 25.0. The molecular formula is C11H13NO3S. The maximum atomic E-state index is 12.0. The van der Waals surface area contributed by atoms with Gasteiger partial charge in [-0.15, -0.1) is 0 Å². The van der Waals surface area contributed by atoms with Gasteiger partial charge in [0.1, 0.15) is 4.90 Å². The number of rotatable bonds is 2. The van der Waals surface area contributed by atoms with Crippen LogP contribution in [-0.4, -0.2) is 25.2 Å². The van der Waals surface area contributed by atoms with Crippen LogP contribution >= 0.6 is 0 Å². The van der Waals surface area contributed by atoms with Gasteiger partial charge >= 0.3 is 0 Å². The van der Waals surface area contributed by atoms with Crippen molar-refractivity contribution in [2.75, 3.05) is 6.54 Å². The molecule has 86 valence electrons. The number of fused-ring (bicyclic) bond motifs is 1. The number of sulfonamides is 1. The van der Waals surface area contributed by atoms with Gasteiger partial charge in [-0.3, -0.25) is 4.79 Å². The Morgan fingerprint density at radius 2 is 1.88 bits per heavy atom. The first-order chi connectivity index (χ1) is 7.44. The minimum Gasteiger partial charge on any atom is -0.268 e. The zero-order valence-electron chi connectivity index (χ0n) is 9.17. The van der Waals surface area contributed by atoms with Gasteiger partial charge in [0, 0.05) is 6.54 Å². The van der Waals surface area contributed by atoms with Crippen molar-refractivity contribution in [3.05, 3.63) is 29.8 Å². The molecule has 0 aliphatic carbocycles. The van der Waals surface area contributed by atoms with Crippen molar-refractivity contribution in [2.24, 2.45) is 5.92 Å². The van der Waals surface area contributed by atoms with Gasteiger partial charge < -0.3 is 0 Å². The molecule has 0 saturated carbocycles. The maximum Gasteiger partial charge on any atom is 0.269 e. The highest BCUT2D eigenvalue weighted by Crippen LogP contribution is 2.30. The minimum absolute atomic E-state index is 0.119. The summed E-state index contributed by atoms with van der Waals surface area (Å²) in [7, 11) is -3.61. The Kier molecular flexibility index (Phi) is 2.50. The molecule has 0 atom stereocenters. The predicted molar refractivity (Wildman–Crippen MR) is 59.5 cm³/mol. The van der Waals surface area contributed by atoms with Crippen LogP contribution in [0.3, 0.4) is 0 Å². The molecule has 0 saturated heterocycles. The van der Waals surface area contributed by atoms with Crippen LogP contribution in [-0.2, 0) is 10.0 Å². The van der Waals surface area contributed by atoms with Gasteiger partial charge in [0.15, 0.2) is 0 Å². The number of amides is 1. The molecule has 5 heteroatoms. The van der Waals surface area contributed by atoms with Gasteiger partial charge in [0.25, 0.3) is 15.9 Å². The Balaban J connectivity index is 2.54. The molecule has 4 nitrogen and oxygen atoms in total. The number of nitrogens with zero attached hydrogens (tertiary/aromatic N) is 1. The number of hydrogen-bond donors (Lipinski definition) is 0. The molecule has 1 heterocycles. The largest absolute Gasteiger partial charge is 0.269 e. The van der Waals surface area contributed by atoms with Crippen molar-refractivity contribution in [1.82, 2.24) is 4.31 Å². The third-order valence-electron chi connectivity index (χ3n) is 2.44. The smallest absolute Gasteiger partial charge is 0.268 e. The Labute approximate surface area is 94.9 Å².